The minimum absolute atomic E-state index is 0.293. The number of hydrogen-bond acceptors (Lipinski definition) is 4. The highest BCUT2D eigenvalue weighted by Crippen LogP contribution is 2.33. The van der Waals surface area contributed by atoms with Crippen LogP contribution in [0.25, 0.3) is 0 Å². The molecule has 0 unspecified atom stereocenters. The van der Waals surface area contributed by atoms with Crippen LogP contribution in [0.2, 0.25) is 0 Å². The number of aryl methyl sites for hydroxylation is 1. The quantitative estimate of drug-likeness (QED) is 0.595. The van der Waals surface area contributed by atoms with Crippen molar-refractivity contribution in [1.82, 2.24) is 15.6 Å². The van der Waals surface area contributed by atoms with Gasteiger partial charge >= 0.3 is 0 Å². The van der Waals surface area contributed by atoms with Gasteiger partial charge in [0.05, 0.1) is 22.3 Å². The monoisotopic (exact) mass is 414 g/mol. The maximum atomic E-state index is 11.7. The van der Waals surface area contributed by atoms with Crippen molar-refractivity contribution in [3.05, 3.63) is 44.1 Å². The van der Waals surface area contributed by atoms with Gasteiger partial charge in [-0.05, 0) is 62.5 Å². The number of hydrogen-bond donors (Lipinski definition) is 2. The predicted octanol–water partition coefficient (Wildman–Crippen LogP) is 3.02. The fraction of sp³-hybridized carbons (Fsp3) is 0.154. The molecular formula is C13H12Br2N4O2. The number of H-pyrrole nitrogens is 1. The molecule has 1 heterocycles. The molecule has 0 spiro atoms. The Labute approximate surface area is 138 Å². The van der Waals surface area contributed by atoms with Gasteiger partial charge < -0.3 is 4.74 Å². The zero-order valence-electron chi connectivity index (χ0n) is 11.3. The molecule has 8 heteroatoms. The number of aromatic nitrogens is 2. The molecule has 21 heavy (non-hydrogen) atoms. The van der Waals surface area contributed by atoms with E-state index in [9.17, 15) is 4.79 Å². The van der Waals surface area contributed by atoms with E-state index >= 15 is 0 Å². The number of ether oxygens (including phenoxy) is 1. The van der Waals surface area contributed by atoms with Crippen LogP contribution in [0.15, 0.2) is 32.2 Å². The summed E-state index contributed by atoms with van der Waals surface area (Å²) in [6, 6.07) is 5.31. The molecule has 1 amide bonds. The van der Waals surface area contributed by atoms with Crippen molar-refractivity contribution in [3.63, 3.8) is 0 Å². The molecule has 0 aliphatic heterocycles. The maximum Gasteiger partial charge on any atom is 0.291 e. The Balaban J connectivity index is 2.06. The average molecular weight is 416 g/mol. The molecule has 0 atom stereocenters. The molecule has 0 aliphatic rings. The van der Waals surface area contributed by atoms with Gasteiger partial charge in [0.1, 0.15) is 5.75 Å². The van der Waals surface area contributed by atoms with Gasteiger partial charge in [0.15, 0.2) is 5.69 Å². The Hall–Kier alpha value is -1.67. The number of aromatic amines is 1. The zero-order valence-corrected chi connectivity index (χ0v) is 14.4. The second-order valence-electron chi connectivity index (χ2n) is 4.15. The van der Waals surface area contributed by atoms with Gasteiger partial charge in [-0.1, -0.05) is 0 Å². The van der Waals surface area contributed by atoms with E-state index in [-0.39, 0.29) is 5.91 Å². The summed E-state index contributed by atoms with van der Waals surface area (Å²) in [6.45, 7) is 1.82. The van der Waals surface area contributed by atoms with Crippen molar-refractivity contribution < 1.29 is 9.53 Å². The van der Waals surface area contributed by atoms with Gasteiger partial charge in [0.25, 0.3) is 5.91 Å². The van der Waals surface area contributed by atoms with E-state index in [1.54, 1.807) is 13.2 Å². The standard InChI is InChI=1S/C13H12Br2N4O2/c1-7-3-11(18-17-7)13(20)19-16-6-8-4-9(14)12(21-2)10(15)5-8/h3-6H,1-2H3,(H,17,18)(H,19,20)/b16-6-. The molecule has 1 aromatic heterocycles. The van der Waals surface area contributed by atoms with Crippen LogP contribution in [-0.2, 0) is 0 Å². The van der Waals surface area contributed by atoms with Crippen LogP contribution in [0.4, 0.5) is 0 Å². The van der Waals surface area contributed by atoms with Crippen LogP contribution in [0.1, 0.15) is 21.7 Å². The normalized spacial score (nSPS) is 10.9. The largest absolute Gasteiger partial charge is 0.494 e. The molecule has 6 nitrogen and oxygen atoms in total. The SMILES string of the molecule is COc1c(Br)cc(/C=N\NC(=O)c2cc(C)[nH]n2)cc1Br. The van der Waals surface area contributed by atoms with Crippen LogP contribution < -0.4 is 10.2 Å². The van der Waals surface area contributed by atoms with Gasteiger partial charge in [-0.2, -0.15) is 10.2 Å². The number of hydrazone groups is 1. The molecule has 0 saturated carbocycles. The Kier molecular flexibility index (Phi) is 5.13. The van der Waals surface area contributed by atoms with E-state index < -0.39 is 0 Å². The third kappa shape index (κ3) is 3.92. The van der Waals surface area contributed by atoms with Crippen molar-refractivity contribution in [2.75, 3.05) is 7.11 Å². The van der Waals surface area contributed by atoms with Gasteiger partial charge in [0.2, 0.25) is 0 Å². The van der Waals surface area contributed by atoms with E-state index in [0.29, 0.717) is 11.4 Å². The topological polar surface area (TPSA) is 79.4 Å². The number of nitrogens with one attached hydrogen (secondary N) is 2. The number of carbonyl (C=O) groups excluding carboxylic acids is 1. The highest BCUT2D eigenvalue weighted by molar-refractivity contribution is 9.11. The highest BCUT2D eigenvalue weighted by atomic mass is 79.9. The van der Waals surface area contributed by atoms with Crippen LogP contribution in [0, 0.1) is 6.92 Å². The van der Waals surface area contributed by atoms with Gasteiger partial charge in [-0.3, -0.25) is 9.89 Å². The molecule has 1 aromatic carbocycles. The third-order valence-corrected chi connectivity index (χ3v) is 3.72. The second-order valence-corrected chi connectivity index (χ2v) is 5.86. The van der Waals surface area contributed by atoms with Crippen LogP contribution in [0.3, 0.4) is 0 Å². The predicted molar refractivity (Wildman–Crippen MR) is 86.8 cm³/mol. The first-order chi connectivity index (χ1) is 10.0. The van der Waals surface area contributed by atoms with Crippen molar-refractivity contribution >= 4 is 44.0 Å². The highest BCUT2D eigenvalue weighted by Gasteiger charge is 2.08. The fourth-order valence-electron chi connectivity index (χ4n) is 1.61. The number of rotatable bonds is 4. The minimum atomic E-state index is -0.373. The van der Waals surface area contributed by atoms with E-state index in [1.807, 2.05) is 19.1 Å². The molecule has 0 radical (unpaired) electrons. The summed E-state index contributed by atoms with van der Waals surface area (Å²) in [5.74, 6) is 0.324. The first-order valence-corrected chi connectivity index (χ1v) is 7.48. The number of benzene rings is 1. The minimum Gasteiger partial charge on any atom is -0.494 e. The average Bonchev–Trinajstić information content (AvgIpc) is 2.85. The van der Waals surface area contributed by atoms with Crippen molar-refractivity contribution in [2.45, 2.75) is 6.92 Å². The van der Waals surface area contributed by atoms with Crippen molar-refractivity contribution in [3.8, 4) is 5.75 Å². The number of methoxy groups -OCH3 is 1. The Morgan fingerprint density at radius 1 is 1.38 bits per heavy atom. The maximum absolute atomic E-state index is 11.7. The molecule has 2 N–H and O–H groups in total. The fourth-order valence-corrected chi connectivity index (χ4v) is 3.15. The van der Waals surface area contributed by atoms with Crippen LogP contribution >= 0.6 is 31.9 Å². The summed E-state index contributed by atoms with van der Waals surface area (Å²) in [7, 11) is 1.59. The van der Waals surface area contributed by atoms with Gasteiger partial charge in [0, 0.05) is 5.69 Å². The van der Waals surface area contributed by atoms with Crippen LogP contribution in [0.5, 0.6) is 5.75 Å². The summed E-state index contributed by atoms with van der Waals surface area (Å²) < 4.78 is 6.79. The van der Waals surface area contributed by atoms with Crippen molar-refractivity contribution in [2.24, 2.45) is 5.10 Å². The van der Waals surface area contributed by atoms with Crippen LogP contribution in [-0.4, -0.2) is 29.4 Å². The zero-order chi connectivity index (χ0) is 15.4. The van der Waals surface area contributed by atoms with Gasteiger partial charge in [-0.15, -0.1) is 0 Å². The first-order valence-electron chi connectivity index (χ1n) is 5.89. The number of carbonyl (C=O) groups is 1. The molecular weight excluding hydrogens is 404 g/mol. The molecule has 110 valence electrons. The summed E-state index contributed by atoms with van der Waals surface area (Å²) in [5, 5.41) is 10.5. The Morgan fingerprint density at radius 3 is 2.57 bits per heavy atom. The first kappa shape index (κ1) is 15.7. The molecule has 0 saturated heterocycles. The third-order valence-electron chi connectivity index (χ3n) is 2.54. The lowest BCUT2D eigenvalue weighted by atomic mass is 10.2. The van der Waals surface area contributed by atoms with Gasteiger partial charge in [-0.25, -0.2) is 5.43 Å². The van der Waals surface area contributed by atoms with Crippen molar-refractivity contribution in [1.29, 1.82) is 0 Å². The summed E-state index contributed by atoms with van der Waals surface area (Å²) in [5.41, 5.74) is 4.32. The van der Waals surface area contributed by atoms with E-state index in [4.69, 9.17) is 4.74 Å². The van der Waals surface area contributed by atoms with E-state index in [0.717, 1.165) is 20.2 Å². The molecule has 2 aromatic rings. The molecule has 2 rings (SSSR count). The Bertz CT molecular complexity index is 674. The van der Waals surface area contributed by atoms with E-state index in [2.05, 4.69) is 52.6 Å². The summed E-state index contributed by atoms with van der Waals surface area (Å²) in [6.07, 6.45) is 1.53. The molecule has 0 fully saturated rings. The lowest BCUT2D eigenvalue weighted by molar-refractivity contribution is 0.0950. The second kappa shape index (κ2) is 6.86. The number of amides is 1. The summed E-state index contributed by atoms with van der Waals surface area (Å²) >= 11 is 6.80. The smallest absolute Gasteiger partial charge is 0.291 e. The number of nitrogens with zero attached hydrogens (tertiary/aromatic N) is 2. The Morgan fingerprint density at radius 2 is 2.05 bits per heavy atom. The molecule has 0 aliphatic carbocycles. The molecule has 0 bridgehead atoms. The van der Waals surface area contributed by atoms with E-state index in [1.165, 1.54) is 6.21 Å². The lowest BCUT2D eigenvalue weighted by Crippen LogP contribution is -2.18. The summed E-state index contributed by atoms with van der Waals surface area (Å²) in [4.78, 5) is 11.7. The lowest BCUT2D eigenvalue weighted by Gasteiger charge is -2.06. The number of halogens is 2.